The topological polar surface area (TPSA) is 166 Å². The van der Waals surface area contributed by atoms with Crippen LogP contribution in [0.1, 0.15) is 45.2 Å². The Morgan fingerprint density at radius 2 is 1.37 bits per heavy atom. The molecule has 3 aromatic rings. The monoisotopic (exact) mass is 563 g/mol. The van der Waals surface area contributed by atoms with Gasteiger partial charge in [-0.25, -0.2) is 4.79 Å². The molecule has 0 aliphatic carbocycles. The summed E-state index contributed by atoms with van der Waals surface area (Å²) in [6.07, 6.45) is 2.26. The van der Waals surface area contributed by atoms with E-state index in [1.165, 1.54) is 0 Å². The molecule has 0 fully saturated rings. The lowest BCUT2D eigenvalue weighted by molar-refractivity contribution is -0.142. The van der Waals surface area contributed by atoms with E-state index in [4.69, 9.17) is 5.73 Å². The molecule has 0 aliphatic rings. The predicted molar refractivity (Wildman–Crippen MR) is 158 cm³/mol. The summed E-state index contributed by atoms with van der Waals surface area (Å²) < 4.78 is 0. The number of para-hydroxylation sites is 1. The average molecular weight is 564 g/mol. The maximum atomic E-state index is 13.5. The van der Waals surface area contributed by atoms with Crippen molar-refractivity contribution in [1.82, 2.24) is 20.9 Å². The number of hydrogen-bond acceptors (Lipinski definition) is 5. The summed E-state index contributed by atoms with van der Waals surface area (Å²) in [5.74, 6) is -2.94. The van der Waals surface area contributed by atoms with Gasteiger partial charge in [-0.2, -0.15) is 0 Å². The van der Waals surface area contributed by atoms with Crippen molar-refractivity contribution in [3.63, 3.8) is 0 Å². The molecule has 41 heavy (non-hydrogen) atoms. The molecule has 0 radical (unpaired) electrons. The van der Waals surface area contributed by atoms with Gasteiger partial charge in [0.25, 0.3) is 0 Å². The molecule has 1 aromatic heterocycles. The van der Waals surface area contributed by atoms with Gasteiger partial charge in [-0.05, 0) is 35.4 Å². The van der Waals surface area contributed by atoms with E-state index in [2.05, 4.69) is 20.9 Å². The van der Waals surface area contributed by atoms with Crippen LogP contribution in [0.15, 0.2) is 60.8 Å². The fraction of sp³-hybridized carbons (Fsp3) is 0.419. The summed E-state index contributed by atoms with van der Waals surface area (Å²) in [5, 5.41) is 18.9. The molecule has 1 heterocycles. The molecule has 0 spiro atoms. The van der Waals surface area contributed by atoms with Crippen molar-refractivity contribution in [3.05, 3.63) is 71.9 Å². The van der Waals surface area contributed by atoms with Crippen LogP contribution in [-0.2, 0) is 32.0 Å². The fourth-order valence-electron chi connectivity index (χ4n) is 4.60. The molecule has 2 aromatic carbocycles. The van der Waals surface area contributed by atoms with Crippen molar-refractivity contribution in [2.75, 3.05) is 0 Å². The van der Waals surface area contributed by atoms with Crippen LogP contribution < -0.4 is 21.7 Å². The number of aliphatic carboxylic acids is 1. The Balaban J connectivity index is 1.78. The van der Waals surface area contributed by atoms with Crippen molar-refractivity contribution in [3.8, 4) is 0 Å². The highest BCUT2D eigenvalue weighted by molar-refractivity contribution is 5.94. The Morgan fingerprint density at radius 1 is 0.780 bits per heavy atom. The average Bonchev–Trinajstić information content (AvgIpc) is 3.34. The minimum absolute atomic E-state index is 0.0134. The molecule has 0 saturated carbocycles. The minimum atomic E-state index is -1.21. The quantitative estimate of drug-likeness (QED) is 0.176. The molecule has 7 N–H and O–H groups in total. The summed E-state index contributed by atoms with van der Waals surface area (Å²) >= 11 is 0. The second kappa shape index (κ2) is 14.5. The number of benzene rings is 2. The molecule has 3 rings (SSSR count). The Morgan fingerprint density at radius 3 is 2.00 bits per heavy atom. The van der Waals surface area contributed by atoms with Crippen LogP contribution in [0.2, 0.25) is 0 Å². The molecule has 4 unspecified atom stereocenters. The Bertz CT molecular complexity index is 1340. The zero-order valence-electron chi connectivity index (χ0n) is 24.0. The highest BCUT2D eigenvalue weighted by atomic mass is 16.4. The summed E-state index contributed by atoms with van der Waals surface area (Å²) in [7, 11) is 0. The van der Waals surface area contributed by atoms with Crippen LogP contribution in [0.25, 0.3) is 10.9 Å². The first kappa shape index (κ1) is 31.3. The van der Waals surface area contributed by atoms with Gasteiger partial charge in [0.15, 0.2) is 0 Å². The van der Waals surface area contributed by atoms with Gasteiger partial charge in [0.2, 0.25) is 17.7 Å². The molecule has 0 bridgehead atoms. The van der Waals surface area contributed by atoms with E-state index in [1.54, 1.807) is 6.20 Å². The fourth-order valence-corrected chi connectivity index (χ4v) is 4.60. The number of carbonyl (C=O) groups is 4. The van der Waals surface area contributed by atoms with Crippen molar-refractivity contribution in [2.24, 2.45) is 17.6 Å². The summed E-state index contributed by atoms with van der Waals surface area (Å²) in [5.41, 5.74) is 8.47. The number of H-pyrrole nitrogens is 1. The Kier molecular flexibility index (Phi) is 11.0. The van der Waals surface area contributed by atoms with Gasteiger partial charge in [-0.15, -0.1) is 0 Å². The van der Waals surface area contributed by atoms with Crippen LogP contribution in [0.3, 0.4) is 0 Å². The molecule has 10 heteroatoms. The molecule has 220 valence electrons. The highest BCUT2D eigenvalue weighted by Gasteiger charge is 2.31. The first-order chi connectivity index (χ1) is 19.5. The Labute approximate surface area is 240 Å². The number of carboxylic acids is 1. The summed E-state index contributed by atoms with van der Waals surface area (Å²) in [4.78, 5) is 55.0. The number of nitrogens with one attached hydrogen (secondary N) is 4. The third kappa shape index (κ3) is 8.91. The number of carbonyl (C=O) groups excluding carboxylic acids is 3. The standard InChI is InChI=1S/C31H41N5O5/c1-18(2)14-24(28(37)36-26(31(40)41)16-21-17-33-23-13-9-8-12-22(21)23)34-29(38)25(15-20-10-6-5-7-11-20)35-30(39)27(32)19(3)4/h5-13,17-19,24-27,33H,14-16,32H2,1-4H3,(H,34,38)(H,35,39)(H,36,37)(H,40,41). The van der Waals surface area contributed by atoms with Crippen LogP contribution >= 0.6 is 0 Å². The van der Waals surface area contributed by atoms with Crippen LogP contribution in [0.4, 0.5) is 0 Å². The Hall–Kier alpha value is -4.18. The minimum Gasteiger partial charge on any atom is -0.480 e. The van der Waals surface area contributed by atoms with Crippen LogP contribution in [-0.4, -0.2) is 57.9 Å². The first-order valence-corrected chi connectivity index (χ1v) is 13.9. The smallest absolute Gasteiger partial charge is 0.326 e. The van der Waals surface area contributed by atoms with Crippen molar-refractivity contribution < 1.29 is 24.3 Å². The second-order valence-electron chi connectivity index (χ2n) is 11.2. The van der Waals surface area contributed by atoms with Crippen molar-refractivity contribution in [2.45, 2.75) is 71.1 Å². The molecule has 0 saturated heterocycles. The summed E-state index contributed by atoms with van der Waals surface area (Å²) in [6.45, 7) is 7.43. The van der Waals surface area contributed by atoms with Gasteiger partial charge >= 0.3 is 5.97 Å². The van der Waals surface area contributed by atoms with Crippen molar-refractivity contribution >= 4 is 34.6 Å². The zero-order chi connectivity index (χ0) is 30.1. The number of hydrogen-bond donors (Lipinski definition) is 6. The molecule has 0 aliphatic heterocycles. The number of amides is 3. The first-order valence-electron chi connectivity index (χ1n) is 13.9. The number of fused-ring (bicyclic) bond motifs is 1. The van der Waals surface area contributed by atoms with E-state index in [0.29, 0.717) is 0 Å². The number of nitrogens with two attached hydrogens (primary N) is 1. The number of aromatic nitrogens is 1. The van der Waals surface area contributed by atoms with E-state index < -0.39 is 47.9 Å². The second-order valence-corrected chi connectivity index (χ2v) is 11.2. The lowest BCUT2D eigenvalue weighted by atomic mass is 9.99. The normalized spacial score (nSPS) is 14.3. The summed E-state index contributed by atoms with van der Waals surface area (Å²) in [6, 6.07) is 12.7. The van der Waals surface area contributed by atoms with Gasteiger partial charge in [-0.1, -0.05) is 76.2 Å². The third-order valence-electron chi connectivity index (χ3n) is 6.99. The molecule has 10 nitrogen and oxygen atoms in total. The van der Waals surface area contributed by atoms with Gasteiger partial charge in [0.05, 0.1) is 6.04 Å². The lowest BCUT2D eigenvalue weighted by Crippen LogP contribution is -2.58. The highest BCUT2D eigenvalue weighted by Crippen LogP contribution is 2.19. The molecular weight excluding hydrogens is 522 g/mol. The maximum Gasteiger partial charge on any atom is 0.326 e. The van der Waals surface area contributed by atoms with E-state index in [0.717, 1.165) is 22.0 Å². The van der Waals surface area contributed by atoms with Crippen molar-refractivity contribution in [1.29, 1.82) is 0 Å². The number of carboxylic acid groups (broad SMARTS) is 1. The van der Waals surface area contributed by atoms with E-state index >= 15 is 0 Å². The third-order valence-corrected chi connectivity index (χ3v) is 6.99. The SMILES string of the molecule is CC(C)CC(NC(=O)C(Cc1ccccc1)NC(=O)C(N)C(C)C)C(=O)NC(Cc1c[nH]c2ccccc12)C(=O)O. The van der Waals surface area contributed by atoms with Crippen LogP contribution in [0, 0.1) is 11.8 Å². The number of rotatable bonds is 14. The van der Waals surface area contributed by atoms with E-state index in [1.807, 2.05) is 82.3 Å². The predicted octanol–water partition coefficient (Wildman–Crippen LogP) is 2.52. The van der Waals surface area contributed by atoms with Crippen LogP contribution in [0.5, 0.6) is 0 Å². The van der Waals surface area contributed by atoms with Gasteiger partial charge in [0, 0.05) is 29.9 Å². The molecule has 3 amide bonds. The maximum absolute atomic E-state index is 13.5. The van der Waals surface area contributed by atoms with Gasteiger partial charge in [-0.3, -0.25) is 14.4 Å². The number of aromatic amines is 1. The van der Waals surface area contributed by atoms with E-state index in [-0.39, 0.29) is 31.1 Å². The van der Waals surface area contributed by atoms with Gasteiger partial charge in [0.1, 0.15) is 18.1 Å². The lowest BCUT2D eigenvalue weighted by Gasteiger charge is -2.26. The van der Waals surface area contributed by atoms with E-state index in [9.17, 15) is 24.3 Å². The molecular formula is C31H41N5O5. The largest absolute Gasteiger partial charge is 0.480 e. The van der Waals surface area contributed by atoms with Gasteiger partial charge < -0.3 is 31.8 Å². The zero-order valence-corrected chi connectivity index (χ0v) is 24.0. The molecule has 4 atom stereocenters.